The third-order valence-corrected chi connectivity index (χ3v) is 2.84. The lowest BCUT2D eigenvalue weighted by Crippen LogP contribution is -2.45. The Labute approximate surface area is 95.6 Å². The first-order valence-electron chi connectivity index (χ1n) is 4.90. The van der Waals surface area contributed by atoms with Crippen LogP contribution in [-0.4, -0.2) is 17.3 Å². The van der Waals surface area contributed by atoms with Crippen molar-refractivity contribution in [3.8, 4) is 0 Å². The zero-order valence-electron chi connectivity index (χ0n) is 9.30. The second-order valence-corrected chi connectivity index (χ2v) is 4.55. The van der Waals surface area contributed by atoms with Gasteiger partial charge in [0.15, 0.2) is 0 Å². The molecule has 15 heavy (non-hydrogen) atoms. The Balaban J connectivity index is 2.83. The maximum absolute atomic E-state index is 11.9. The molecule has 0 unspecified atom stereocenters. The average molecular weight is 226 g/mol. The molecule has 1 N–H and O–H groups in total. The molecule has 0 atom stereocenters. The lowest BCUT2D eigenvalue weighted by Gasteiger charge is -2.23. The van der Waals surface area contributed by atoms with Crippen molar-refractivity contribution in [2.45, 2.75) is 26.3 Å². The van der Waals surface area contributed by atoms with Gasteiger partial charge < -0.3 is 5.32 Å². The molecule has 0 radical (unpaired) electrons. The van der Waals surface area contributed by atoms with Crippen molar-refractivity contribution < 1.29 is 4.79 Å². The number of hydrogen-bond donors (Lipinski definition) is 1. The van der Waals surface area contributed by atoms with Crippen molar-refractivity contribution in [3.05, 3.63) is 35.4 Å². The van der Waals surface area contributed by atoms with E-state index in [1.165, 1.54) is 0 Å². The highest BCUT2D eigenvalue weighted by Crippen LogP contribution is 2.10. The molecule has 0 aromatic heterocycles. The van der Waals surface area contributed by atoms with Crippen molar-refractivity contribution in [3.63, 3.8) is 0 Å². The molecule has 0 spiro atoms. The van der Waals surface area contributed by atoms with E-state index in [2.05, 4.69) is 5.32 Å². The molecule has 1 rings (SSSR count). The molecule has 0 bridgehead atoms. The van der Waals surface area contributed by atoms with E-state index in [9.17, 15) is 4.79 Å². The van der Waals surface area contributed by atoms with Crippen LogP contribution in [0.2, 0.25) is 0 Å². The van der Waals surface area contributed by atoms with Gasteiger partial charge in [0, 0.05) is 17.0 Å². The SMILES string of the molecule is Cc1ccccc1C(=O)NC(C)(C)CCl. The van der Waals surface area contributed by atoms with Crippen LogP contribution in [0.4, 0.5) is 0 Å². The zero-order chi connectivity index (χ0) is 11.5. The van der Waals surface area contributed by atoms with Crippen molar-refractivity contribution in [2.24, 2.45) is 0 Å². The van der Waals surface area contributed by atoms with Crippen LogP contribution in [0.5, 0.6) is 0 Å². The van der Waals surface area contributed by atoms with Gasteiger partial charge in [-0.2, -0.15) is 0 Å². The maximum Gasteiger partial charge on any atom is 0.251 e. The van der Waals surface area contributed by atoms with Gasteiger partial charge >= 0.3 is 0 Å². The highest BCUT2D eigenvalue weighted by Gasteiger charge is 2.20. The average Bonchev–Trinajstić information content (AvgIpc) is 2.17. The maximum atomic E-state index is 11.9. The minimum absolute atomic E-state index is 0.0706. The van der Waals surface area contributed by atoms with Crippen LogP contribution in [-0.2, 0) is 0 Å². The Kier molecular flexibility index (Phi) is 3.75. The fourth-order valence-electron chi connectivity index (χ4n) is 1.24. The summed E-state index contributed by atoms with van der Waals surface area (Å²) in [4.78, 5) is 11.9. The first-order valence-corrected chi connectivity index (χ1v) is 5.44. The highest BCUT2D eigenvalue weighted by molar-refractivity contribution is 6.18. The number of nitrogens with one attached hydrogen (secondary N) is 1. The molecule has 1 aromatic carbocycles. The van der Waals surface area contributed by atoms with E-state index in [1.807, 2.05) is 45.0 Å². The first kappa shape index (κ1) is 12.1. The van der Waals surface area contributed by atoms with Crippen LogP contribution in [0, 0.1) is 6.92 Å². The minimum atomic E-state index is -0.374. The number of carbonyl (C=O) groups excluding carboxylic acids is 1. The van der Waals surface area contributed by atoms with Gasteiger partial charge in [0.25, 0.3) is 5.91 Å². The van der Waals surface area contributed by atoms with E-state index in [0.29, 0.717) is 11.4 Å². The molecular weight excluding hydrogens is 210 g/mol. The largest absolute Gasteiger partial charge is 0.346 e. The van der Waals surface area contributed by atoms with Crippen molar-refractivity contribution in [1.82, 2.24) is 5.32 Å². The lowest BCUT2D eigenvalue weighted by atomic mass is 10.0. The second-order valence-electron chi connectivity index (χ2n) is 4.29. The van der Waals surface area contributed by atoms with E-state index < -0.39 is 0 Å². The summed E-state index contributed by atoms with van der Waals surface area (Å²) < 4.78 is 0. The summed E-state index contributed by atoms with van der Waals surface area (Å²) in [5.74, 6) is 0.323. The molecule has 0 aliphatic rings. The number of benzene rings is 1. The van der Waals surface area contributed by atoms with Crippen LogP contribution in [0.1, 0.15) is 29.8 Å². The Morgan fingerprint density at radius 1 is 1.40 bits per heavy atom. The number of alkyl halides is 1. The van der Waals surface area contributed by atoms with Crippen molar-refractivity contribution in [2.75, 3.05) is 5.88 Å². The molecule has 1 aromatic rings. The molecule has 3 heteroatoms. The quantitative estimate of drug-likeness (QED) is 0.788. The van der Waals surface area contributed by atoms with Gasteiger partial charge in [-0.3, -0.25) is 4.79 Å². The fraction of sp³-hybridized carbons (Fsp3) is 0.417. The van der Waals surface area contributed by atoms with Gasteiger partial charge in [0.05, 0.1) is 0 Å². The van der Waals surface area contributed by atoms with Gasteiger partial charge in [-0.1, -0.05) is 18.2 Å². The van der Waals surface area contributed by atoms with E-state index in [1.54, 1.807) is 0 Å². The molecule has 82 valence electrons. The first-order chi connectivity index (χ1) is 6.96. The van der Waals surface area contributed by atoms with E-state index in [4.69, 9.17) is 11.6 Å². The third-order valence-electron chi connectivity index (χ3n) is 2.18. The molecule has 0 aliphatic heterocycles. The molecule has 0 aliphatic carbocycles. The van der Waals surface area contributed by atoms with E-state index in [0.717, 1.165) is 5.56 Å². The van der Waals surface area contributed by atoms with Crippen molar-refractivity contribution in [1.29, 1.82) is 0 Å². The standard InChI is InChI=1S/C12H16ClNO/c1-9-6-4-5-7-10(9)11(15)14-12(2,3)8-13/h4-7H,8H2,1-3H3,(H,14,15). The van der Waals surface area contributed by atoms with Gasteiger partial charge in [0.1, 0.15) is 0 Å². The number of amides is 1. The Hall–Kier alpha value is -1.02. The summed E-state index contributed by atoms with van der Waals surface area (Å²) in [6, 6.07) is 7.51. The topological polar surface area (TPSA) is 29.1 Å². The number of halogens is 1. The number of rotatable bonds is 3. The smallest absolute Gasteiger partial charge is 0.251 e. The summed E-state index contributed by atoms with van der Waals surface area (Å²) in [5.41, 5.74) is 1.30. The monoisotopic (exact) mass is 225 g/mol. The molecular formula is C12H16ClNO. The van der Waals surface area contributed by atoms with Crippen molar-refractivity contribution >= 4 is 17.5 Å². The minimum Gasteiger partial charge on any atom is -0.346 e. The molecule has 0 saturated heterocycles. The molecule has 0 heterocycles. The Morgan fingerprint density at radius 3 is 2.53 bits per heavy atom. The Bertz CT molecular complexity index is 360. The fourth-order valence-corrected chi connectivity index (χ4v) is 1.30. The highest BCUT2D eigenvalue weighted by atomic mass is 35.5. The predicted molar refractivity (Wildman–Crippen MR) is 63.4 cm³/mol. The lowest BCUT2D eigenvalue weighted by molar-refractivity contribution is 0.0920. The zero-order valence-corrected chi connectivity index (χ0v) is 10.1. The molecule has 1 amide bonds. The number of hydrogen-bond acceptors (Lipinski definition) is 1. The summed E-state index contributed by atoms with van der Waals surface area (Å²) in [5, 5.41) is 2.89. The van der Waals surface area contributed by atoms with Crippen LogP contribution < -0.4 is 5.32 Å². The second kappa shape index (κ2) is 4.67. The molecule has 2 nitrogen and oxygen atoms in total. The number of carbonyl (C=O) groups is 1. The summed E-state index contributed by atoms with van der Waals surface area (Å²) in [6.07, 6.45) is 0. The third kappa shape index (κ3) is 3.24. The van der Waals surface area contributed by atoms with Crippen LogP contribution in [0.25, 0.3) is 0 Å². The summed E-state index contributed by atoms with van der Waals surface area (Å²) >= 11 is 5.75. The Morgan fingerprint density at radius 2 is 2.00 bits per heavy atom. The van der Waals surface area contributed by atoms with Gasteiger partial charge in [-0.05, 0) is 32.4 Å². The molecule has 0 saturated carbocycles. The van der Waals surface area contributed by atoms with Crippen LogP contribution in [0.3, 0.4) is 0 Å². The summed E-state index contributed by atoms with van der Waals surface area (Å²) in [6.45, 7) is 5.72. The van der Waals surface area contributed by atoms with Gasteiger partial charge in [0.2, 0.25) is 0 Å². The van der Waals surface area contributed by atoms with Crippen LogP contribution in [0.15, 0.2) is 24.3 Å². The van der Waals surface area contributed by atoms with Gasteiger partial charge in [-0.15, -0.1) is 11.6 Å². The predicted octanol–water partition coefficient (Wildman–Crippen LogP) is 2.74. The molecule has 0 fully saturated rings. The van der Waals surface area contributed by atoms with Gasteiger partial charge in [-0.25, -0.2) is 0 Å². The van der Waals surface area contributed by atoms with Crippen LogP contribution >= 0.6 is 11.6 Å². The van der Waals surface area contributed by atoms with E-state index in [-0.39, 0.29) is 11.4 Å². The summed E-state index contributed by atoms with van der Waals surface area (Å²) in [7, 11) is 0. The normalized spacial score (nSPS) is 11.2. The number of aryl methyl sites for hydroxylation is 1. The van der Waals surface area contributed by atoms with E-state index >= 15 is 0 Å².